The molecule has 2 aromatic rings. The van der Waals surface area contributed by atoms with E-state index < -0.39 is 5.97 Å². The smallest absolute Gasteiger partial charge is 0.338 e. The maximum absolute atomic E-state index is 14.1. The van der Waals surface area contributed by atoms with E-state index in [2.05, 4.69) is 15.8 Å². The van der Waals surface area contributed by atoms with Crippen LogP contribution in [0.25, 0.3) is 11.1 Å². The van der Waals surface area contributed by atoms with Gasteiger partial charge in [-0.3, -0.25) is 0 Å². The Labute approximate surface area is 131 Å². The molecule has 0 spiro atoms. The van der Waals surface area contributed by atoms with Crippen molar-refractivity contribution < 1.29 is 18.7 Å². The normalized spacial score (nSPS) is 10.2. The SMILES string of the molecule is C=C(C)C(=O)Oc1ccc(-c2ccc(OC)cc2F)cc1P. The van der Waals surface area contributed by atoms with Gasteiger partial charge in [0.15, 0.2) is 0 Å². The average molecular weight is 318 g/mol. The van der Waals surface area contributed by atoms with Crippen molar-refractivity contribution in [1.82, 2.24) is 0 Å². The van der Waals surface area contributed by atoms with Crippen LogP contribution in [0.2, 0.25) is 0 Å². The molecule has 22 heavy (non-hydrogen) atoms. The zero-order valence-corrected chi connectivity index (χ0v) is 13.5. The average Bonchev–Trinajstić information content (AvgIpc) is 2.49. The van der Waals surface area contributed by atoms with Gasteiger partial charge >= 0.3 is 5.97 Å². The van der Waals surface area contributed by atoms with Gasteiger partial charge in [0.2, 0.25) is 0 Å². The molecule has 1 atom stereocenters. The van der Waals surface area contributed by atoms with Crippen molar-refractivity contribution in [3.05, 3.63) is 54.4 Å². The minimum absolute atomic E-state index is 0.315. The number of hydrogen-bond acceptors (Lipinski definition) is 3. The summed E-state index contributed by atoms with van der Waals surface area (Å²) in [4.78, 5) is 11.5. The molecule has 0 aromatic heterocycles. The summed E-state index contributed by atoms with van der Waals surface area (Å²) in [5.74, 6) is -0.0162. The Balaban J connectivity index is 2.33. The Morgan fingerprint density at radius 3 is 2.50 bits per heavy atom. The number of halogens is 1. The number of rotatable bonds is 4. The van der Waals surface area contributed by atoms with Crippen molar-refractivity contribution >= 4 is 20.5 Å². The molecule has 0 radical (unpaired) electrons. The highest BCUT2D eigenvalue weighted by Gasteiger charge is 2.11. The van der Waals surface area contributed by atoms with Crippen LogP contribution in [0.5, 0.6) is 11.5 Å². The van der Waals surface area contributed by atoms with Gasteiger partial charge in [-0.05, 0) is 36.8 Å². The Morgan fingerprint density at radius 2 is 1.95 bits per heavy atom. The van der Waals surface area contributed by atoms with Gasteiger partial charge in [0, 0.05) is 22.5 Å². The first-order valence-electron chi connectivity index (χ1n) is 6.53. The molecular formula is C17H16FO3P. The van der Waals surface area contributed by atoms with E-state index >= 15 is 0 Å². The summed E-state index contributed by atoms with van der Waals surface area (Å²) in [6.45, 7) is 5.11. The number of hydrogen-bond donors (Lipinski definition) is 0. The van der Waals surface area contributed by atoms with E-state index in [-0.39, 0.29) is 5.82 Å². The van der Waals surface area contributed by atoms with Gasteiger partial charge in [-0.2, -0.15) is 0 Å². The van der Waals surface area contributed by atoms with Crippen LogP contribution >= 0.6 is 9.24 Å². The largest absolute Gasteiger partial charge is 0.497 e. The fourth-order valence-corrected chi connectivity index (χ4v) is 2.19. The van der Waals surface area contributed by atoms with Gasteiger partial charge in [-0.15, -0.1) is 9.24 Å². The van der Waals surface area contributed by atoms with Gasteiger partial charge in [-0.25, -0.2) is 9.18 Å². The molecule has 0 aliphatic heterocycles. The van der Waals surface area contributed by atoms with E-state index in [1.165, 1.54) is 13.2 Å². The molecule has 0 aliphatic rings. The molecule has 0 N–H and O–H groups in total. The van der Waals surface area contributed by atoms with E-state index in [4.69, 9.17) is 9.47 Å². The lowest BCUT2D eigenvalue weighted by Crippen LogP contribution is -2.12. The van der Waals surface area contributed by atoms with Gasteiger partial charge in [-0.1, -0.05) is 12.6 Å². The van der Waals surface area contributed by atoms with Gasteiger partial charge in [0.1, 0.15) is 17.3 Å². The van der Waals surface area contributed by atoms with Crippen molar-refractivity contribution in [3.63, 3.8) is 0 Å². The van der Waals surface area contributed by atoms with Crippen molar-refractivity contribution in [3.8, 4) is 22.6 Å². The monoisotopic (exact) mass is 318 g/mol. The van der Waals surface area contributed by atoms with Gasteiger partial charge < -0.3 is 9.47 Å². The quantitative estimate of drug-likeness (QED) is 0.375. The third-order valence-corrected chi connectivity index (χ3v) is 3.50. The molecule has 1 unspecified atom stereocenters. The summed E-state index contributed by atoms with van der Waals surface area (Å²) in [5, 5.41) is 0.655. The lowest BCUT2D eigenvalue weighted by atomic mass is 10.0. The molecule has 0 heterocycles. The first-order valence-corrected chi connectivity index (χ1v) is 7.11. The fraction of sp³-hybridized carbons (Fsp3) is 0.118. The molecular weight excluding hydrogens is 302 g/mol. The summed E-state index contributed by atoms with van der Waals surface area (Å²) in [5.41, 5.74) is 1.44. The Kier molecular flexibility index (Phi) is 4.94. The number of carbonyl (C=O) groups excluding carboxylic acids is 1. The van der Waals surface area contributed by atoms with E-state index in [9.17, 15) is 9.18 Å². The predicted octanol–water partition coefficient (Wildman–Crippen LogP) is 3.48. The molecule has 0 saturated carbocycles. The number of benzene rings is 2. The molecule has 0 aliphatic carbocycles. The standard InChI is InChI=1S/C17H16FO3P/c1-10(2)17(19)21-15-7-4-11(8-16(15)22)13-6-5-12(20-3)9-14(13)18/h4-9H,1,22H2,2-3H3. The van der Waals surface area contributed by atoms with Crippen molar-refractivity contribution in [2.45, 2.75) is 6.92 Å². The van der Waals surface area contributed by atoms with Crippen LogP contribution in [-0.4, -0.2) is 13.1 Å². The second-order valence-electron chi connectivity index (χ2n) is 4.77. The highest BCUT2D eigenvalue weighted by molar-refractivity contribution is 7.27. The maximum atomic E-state index is 14.1. The number of esters is 1. The summed E-state index contributed by atoms with van der Waals surface area (Å²) >= 11 is 0. The summed E-state index contributed by atoms with van der Waals surface area (Å²) in [6.07, 6.45) is 0. The second-order valence-corrected chi connectivity index (χ2v) is 5.39. The molecule has 2 aromatic carbocycles. The molecule has 5 heteroatoms. The first kappa shape index (κ1) is 16.2. The van der Waals surface area contributed by atoms with Crippen molar-refractivity contribution in [2.24, 2.45) is 0 Å². The lowest BCUT2D eigenvalue weighted by molar-refractivity contribution is -0.130. The van der Waals surface area contributed by atoms with Crippen LogP contribution in [0.3, 0.4) is 0 Å². The van der Waals surface area contributed by atoms with Crippen LogP contribution in [0.4, 0.5) is 4.39 Å². The minimum Gasteiger partial charge on any atom is -0.497 e. The Morgan fingerprint density at radius 1 is 1.23 bits per heavy atom. The minimum atomic E-state index is -0.493. The number of ether oxygens (including phenoxy) is 2. The summed E-state index contributed by atoms with van der Waals surface area (Å²) in [7, 11) is 3.96. The van der Waals surface area contributed by atoms with Crippen LogP contribution in [0.15, 0.2) is 48.6 Å². The number of methoxy groups -OCH3 is 1. The zero-order chi connectivity index (χ0) is 16.3. The molecule has 2 rings (SSSR count). The fourth-order valence-electron chi connectivity index (χ4n) is 1.85. The molecule has 114 valence electrons. The Bertz CT molecular complexity index is 741. The third-order valence-electron chi connectivity index (χ3n) is 3.05. The molecule has 3 nitrogen and oxygen atoms in total. The maximum Gasteiger partial charge on any atom is 0.338 e. The molecule has 0 bridgehead atoms. The van der Waals surface area contributed by atoms with E-state index in [1.807, 2.05) is 0 Å². The molecule has 0 amide bonds. The predicted molar refractivity (Wildman–Crippen MR) is 88.2 cm³/mol. The van der Waals surface area contributed by atoms with Gasteiger partial charge in [0.25, 0.3) is 0 Å². The van der Waals surface area contributed by atoms with Crippen LogP contribution in [-0.2, 0) is 4.79 Å². The van der Waals surface area contributed by atoms with E-state index in [0.29, 0.717) is 33.5 Å². The highest BCUT2D eigenvalue weighted by atomic mass is 31.0. The second kappa shape index (κ2) is 6.71. The highest BCUT2D eigenvalue weighted by Crippen LogP contribution is 2.27. The van der Waals surface area contributed by atoms with Crippen molar-refractivity contribution in [2.75, 3.05) is 7.11 Å². The lowest BCUT2D eigenvalue weighted by Gasteiger charge is -2.10. The Hall–Kier alpha value is -2.19. The van der Waals surface area contributed by atoms with Crippen LogP contribution < -0.4 is 14.8 Å². The van der Waals surface area contributed by atoms with Crippen LogP contribution in [0, 0.1) is 5.82 Å². The van der Waals surface area contributed by atoms with Crippen LogP contribution in [0.1, 0.15) is 6.92 Å². The van der Waals surface area contributed by atoms with Crippen molar-refractivity contribution in [1.29, 1.82) is 0 Å². The topological polar surface area (TPSA) is 35.5 Å². The van der Waals surface area contributed by atoms with E-state index in [0.717, 1.165) is 0 Å². The molecule has 0 fully saturated rings. The summed E-state index contributed by atoms with van der Waals surface area (Å²) in [6, 6.07) is 9.72. The van der Waals surface area contributed by atoms with Gasteiger partial charge in [0.05, 0.1) is 7.11 Å². The summed E-state index contributed by atoms with van der Waals surface area (Å²) < 4.78 is 24.3. The third kappa shape index (κ3) is 3.52. The number of carbonyl (C=O) groups is 1. The van der Waals surface area contributed by atoms with E-state index in [1.54, 1.807) is 37.3 Å². The first-order chi connectivity index (χ1) is 10.4. The zero-order valence-electron chi connectivity index (χ0n) is 12.4. The molecule has 0 saturated heterocycles.